The van der Waals surface area contributed by atoms with E-state index < -0.39 is 0 Å². The smallest absolute Gasteiger partial charge is 0.224 e. The Balaban J connectivity index is 2.05. The molecule has 35 heavy (non-hydrogen) atoms. The summed E-state index contributed by atoms with van der Waals surface area (Å²) < 4.78 is 7.73. The number of carbonyl (C=O) groups is 2. The second-order valence-electron chi connectivity index (χ2n) is 8.97. The molecule has 0 aliphatic rings. The van der Waals surface area contributed by atoms with Crippen molar-refractivity contribution >= 4 is 28.7 Å². The number of benzene rings is 2. The SMILES string of the molecule is CCCCn1nc(C)c(C(=O)c2ccc(Cl)c(C(C)=C(C)C)c2C)c1OCC(=O)c1ccccc1. The Hall–Kier alpha value is -3.18. The second-order valence-corrected chi connectivity index (χ2v) is 9.38. The first-order chi connectivity index (χ1) is 16.7. The van der Waals surface area contributed by atoms with Crippen LogP contribution in [0.1, 0.15) is 83.6 Å². The molecule has 1 heterocycles. The molecular weight excluding hydrogens is 460 g/mol. The van der Waals surface area contributed by atoms with Crippen molar-refractivity contribution in [1.82, 2.24) is 9.78 Å². The summed E-state index contributed by atoms with van der Waals surface area (Å²) in [5.41, 5.74) is 5.92. The maximum absolute atomic E-state index is 13.9. The lowest BCUT2D eigenvalue weighted by Gasteiger charge is -2.15. The number of carbonyl (C=O) groups excluding carboxylic acids is 2. The number of nitrogens with zero attached hydrogens (tertiary/aromatic N) is 2. The Labute approximate surface area is 212 Å². The molecule has 0 aliphatic heterocycles. The predicted octanol–water partition coefficient (Wildman–Crippen LogP) is 7.26. The fraction of sp³-hybridized carbons (Fsp3) is 0.345. The molecule has 1 aromatic heterocycles. The van der Waals surface area contributed by atoms with Gasteiger partial charge in [-0.15, -0.1) is 0 Å². The lowest BCUT2D eigenvalue weighted by Crippen LogP contribution is -2.16. The molecule has 6 heteroatoms. The fourth-order valence-corrected chi connectivity index (χ4v) is 4.39. The summed E-state index contributed by atoms with van der Waals surface area (Å²) in [7, 11) is 0. The van der Waals surface area contributed by atoms with Crippen LogP contribution >= 0.6 is 11.6 Å². The molecule has 0 radical (unpaired) electrons. The third-order valence-corrected chi connectivity index (χ3v) is 6.57. The van der Waals surface area contributed by atoms with Crippen molar-refractivity contribution in [3.63, 3.8) is 0 Å². The van der Waals surface area contributed by atoms with E-state index in [4.69, 9.17) is 16.3 Å². The van der Waals surface area contributed by atoms with Gasteiger partial charge in [0, 0.05) is 22.7 Å². The van der Waals surface area contributed by atoms with Crippen molar-refractivity contribution in [2.75, 3.05) is 6.61 Å². The first kappa shape index (κ1) is 26.4. The van der Waals surface area contributed by atoms with Crippen LogP contribution in [0.5, 0.6) is 5.88 Å². The number of aryl methyl sites for hydroxylation is 2. The summed E-state index contributed by atoms with van der Waals surface area (Å²) in [5.74, 6) is -0.0153. The average molecular weight is 493 g/mol. The Kier molecular flexibility index (Phi) is 8.68. The van der Waals surface area contributed by atoms with E-state index in [0.717, 1.165) is 35.1 Å². The maximum atomic E-state index is 13.9. The van der Waals surface area contributed by atoms with Gasteiger partial charge in [-0.1, -0.05) is 60.9 Å². The standard InChI is InChI=1S/C29H33ClN2O3/c1-7-8-16-32-29(35-17-25(33)22-12-10-9-11-13-22)27(21(6)31-32)28(34)23-14-15-24(30)26(20(23)5)19(4)18(2)3/h9-15H,7-8,16-17H2,1-6H3. The molecule has 5 nitrogen and oxygen atoms in total. The van der Waals surface area contributed by atoms with E-state index in [2.05, 4.69) is 12.0 Å². The number of hydrogen-bond donors (Lipinski definition) is 0. The van der Waals surface area contributed by atoms with E-state index in [1.54, 1.807) is 35.9 Å². The zero-order valence-corrected chi connectivity index (χ0v) is 22.1. The topological polar surface area (TPSA) is 61.2 Å². The molecule has 3 rings (SSSR count). The van der Waals surface area contributed by atoms with E-state index in [9.17, 15) is 9.59 Å². The van der Waals surface area contributed by atoms with Gasteiger partial charge < -0.3 is 4.74 Å². The molecule has 0 saturated carbocycles. The fourth-order valence-electron chi connectivity index (χ4n) is 4.04. The normalized spacial score (nSPS) is 10.8. The van der Waals surface area contributed by atoms with E-state index >= 15 is 0 Å². The minimum absolute atomic E-state index is 0.158. The highest BCUT2D eigenvalue weighted by atomic mass is 35.5. The summed E-state index contributed by atoms with van der Waals surface area (Å²) in [4.78, 5) is 26.6. The Morgan fingerprint density at radius 1 is 1.00 bits per heavy atom. The van der Waals surface area contributed by atoms with Crippen LogP contribution in [0.25, 0.3) is 5.57 Å². The molecule has 0 fully saturated rings. The van der Waals surface area contributed by atoms with Crippen molar-refractivity contribution in [2.45, 2.75) is 60.9 Å². The van der Waals surface area contributed by atoms with Crippen LogP contribution in [0.3, 0.4) is 0 Å². The lowest BCUT2D eigenvalue weighted by atomic mass is 9.91. The van der Waals surface area contributed by atoms with E-state index in [-0.39, 0.29) is 18.2 Å². The second kappa shape index (κ2) is 11.5. The number of halogens is 1. The van der Waals surface area contributed by atoms with Crippen LogP contribution < -0.4 is 4.74 Å². The van der Waals surface area contributed by atoms with Gasteiger partial charge in [0.05, 0.1) is 5.69 Å². The number of ether oxygens (including phenoxy) is 1. The number of ketones is 2. The Morgan fingerprint density at radius 3 is 2.31 bits per heavy atom. The molecule has 3 aromatic rings. The van der Waals surface area contributed by atoms with Crippen LogP contribution in [-0.4, -0.2) is 28.0 Å². The van der Waals surface area contributed by atoms with Crippen molar-refractivity contribution in [3.8, 4) is 5.88 Å². The van der Waals surface area contributed by atoms with Gasteiger partial charge in [-0.25, -0.2) is 4.68 Å². The summed E-state index contributed by atoms with van der Waals surface area (Å²) in [6, 6.07) is 12.5. The number of allylic oxidation sites excluding steroid dienone is 2. The van der Waals surface area contributed by atoms with Gasteiger partial charge in [0.25, 0.3) is 0 Å². The number of hydrogen-bond acceptors (Lipinski definition) is 4. The van der Waals surface area contributed by atoms with Gasteiger partial charge in [0.1, 0.15) is 5.56 Å². The molecule has 0 saturated heterocycles. The van der Waals surface area contributed by atoms with Gasteiger partial charge in [0.15, 0.2) is 12.4 Å². The Morgan fingerprint density at radius 2 is 1.69 bits per heavy atom. The Bertz CT molecular complexity index is 1270. The zero-order chi connectivity index (χ0) is 25.7. The summed E-state index contributed by atoms with van der Waals surface area (Å²) in [6.07, 6.45) is 1.84. The molecule has 0 amide bonds. The molecule has 2 aromatic carbocycles. The van der Waals surface area contributed by atoms with E-state index in [0.29, 0.717) is 39.8 Å². The minimum atomic E-state index is -0.190. The summed E-state index contributed by atoms with van der Waals surface area (Å²) in [6.45, 7) is 12.3. The van der Waals surface area contributed by atoms with Crippen molar-refractivity contribution < 1.29 is 14.3 Å². The highest BCUT2D eigenvalue weighted by Gasteiger charge is 2.27. The quantitative estimate of drug-likeness (QED) is 0.279. The minimum Gasteiger partial charge on any atom is -0.469 e. The molecule has 0 N–H and O–H groups in total. The van der Waals surface area contributed by atoms with Crippen molar-refractivity contribution in [1.29, 1.82) is 0 Å². The van der Waals surface area contributed by atoms with Crippen molar-refractivity contribution in [3.05, 3.63) is 86.6 Å². The molecule has 0 bridgehead atoms. The van der Waals surface area contributed by atoms with Crippen LogP contribution in [0, 0.1) is 13.8 Å². The molecule has 0 atom stereocenters. The molecule has 0 unspecified atom stereocenters. The highest BCUT2D eigenvalue weighted by Crippen LogP contribution is 2.34. The first-order valence-electron chi connectivity index (χ1n) is 11.9. The van der Waals surface area contributed by atoms with E-state index in [1.165, 1.54) is 0 Å². The monoisotopic (exact) mass is 492 g/mol. The number of Topliss-reactive ketones (excluding diaryl/α,β-unsaturated/α-hetero) is 1. The van der Waals surface area contributed by atoms with Crippen LogP contribution in [0.2, 0.25) is 5.02 Å². The molecule has 184 valence electrons. The third kappa shape index (κ3) is 5.73. The van der Waals surface area contributed by atoms with Crippen molar-refractivity contribution in [2.24, 2.45) is 0 Å². The number of unbranched alkanes of at least 4 members (excludes halogenated alkanes) is 1. The number of rotatable bonds is 10. The molecule has 0 spiro atoms. The van der Waals surface area contributed by atoms with Gasteiger partial charge in [-0.3, -0.25) is 9.59 Å². The summed E-state index contributed by atoms with van der Waals surface area (Å²) >= 11 is 6.53. The van der Waals surface area contributed by atoms with Crippen LogP contribution in [0.4, 0.5) is 0 Å². The van der Waals surface area contributed by atoms with Crippen LogP contribution in [-0.2, 0) is 6.54 Å². The van der Waals surface area contributed by atoms with E-state index in [1.807, 2.05) is 45.9 Å². The predicted molar refractivity (Wildman–Crippen MR) is 142 cm³/mol. The highest BCUT2D eigenvalue weighted by molar-refractivity contribution is 6.33. The number of aromatic nitrogens is 2. The summed E-state index contributed by atoms with van der Waals surface area (Å²) in [5, 5.41) is 5.21. The molecule has 0 aliphatic carbocycles. The zero-order valence-electron chi connectivity index (χ0n) is 21.4. The maximum Gasteiger partial charge on any atom is 0.224 e. The largest absolute Gasteiger partial charge is 0.469 e. The van der Waals surface area contributed by atoms with Crippen LogP contribution in [0.15, 0.2) is 48.0 Å². The average Bonchev–Trinajstić information content (AvgIpc) is 3.15. The lowest BCUT2D eigenvalue weighted by molar-refractivity contribution is 0.0906. The van der Waals surface area contributed by atoms with Gasteiger partial charge in [-0.05, 0) is 69.9 Å². The van der Waals surface area contributed by atoms with Gasteiger partial charge in [-0.2, -0.15) is 5.10 Å². The molecular formula is C29H33ClN2O3. The van der Waals surface area contributed by atoms with Gasteiger partial charge in [0.2, 0.25) is 11.7 Å². The third-order valence-electron chi connectivity index (χ3n) is 6.25. The van der Waals surface area contributed by atoms with Gasteiger partial charge >= 0.3 is 0 Å². The first-order valence-corrected chi connectivity index (χ1v) is 12.3.